The van der Waals surface area contributed by atoms with Crippen molar-refractivity contribution in [2.45, 2.75) is 64.1 Å². The monoisotopic (exact) mass is 569 g/mol. The van der Waals surface area contributed by atoms with Gasteiger partial charge in [-0.25, -0.2) is 8.42 Å². The Labute approximate surface area is 236 Å². The van der Waals surface area contributed by atoms with Gasteiger partial charge in [-0.1, -0.05) is 78.7 Å². The lowest BCUT2D eigenvalue weighted by Gasteiger charge is -2.35. The van der Waals surface area contributed by atoms with E-state index < -0.39 is 34.1 Å². The summed E-state index contributed by atoms with van der Waals surface area (Å²) in [5.74, 6) is -0.828. The Bertz CT molecular complexity index is 1390. The Hall–Kier alpha value is -3.36. The number of halogens is 1. The summed E-state index contributed by atoms with van der Waals surface area (Å²) < 4.78 is 28.8. The van der Waals surface area contributed by atoms with Crippen molar-refractivity contribution in [3.05, 3.63) is 95.0 Å². The van der Waals surface area contributed by atoms with Gasteiger partial charge in [0.15, 0.2) is 0 Å². The minimum absolute atomic E-state index is 0.0351. The number of nitrogens with zero attached hydrogens (tertiary/aromatic N) is 2. The van der Waals surface area contributed by atoms with E-state index in [0.717, 1.165) is 15.4 Å². The zero-order valence-corrected chi connectivity index (χ0v) is 24.6. The second-order valence-electron chi connectivity index (χ2n) is 10.4. The average Bonchev–Trinajstić information content (AvgIpc) is 2.87. The molecular weight excluding hydrogens is 534 g/mol. The summed E-state index contributed by atoms with van der Waals surface area (Å²) >= 11 is 6.45. The van der Waals surface area contributed by atoms with Gasteiger partial charge in [0, 0.05) is 12.1 Å². The third-order valence-corrected chi connectivity index (χ3v) is 8.18. The van der Waals surface area contributed by atoms with Crippen molar-refractivity contribution in [3.8, 4) is 0 Å². The molecule has 0 heterocycles. The van der Waals surface area contributed by atoms with Crippen LogP contribution in [0.25, 0.3) is 0 Å². The Morgan fingerprint density at radius 3 is 2.08 bits per heavy atom. The van der Waals surface area contributed by atoms with E-state index in [1.165, 1.54) is 17.0 Å². The molecule has 208 valence electrons. The average molecular weight is 570 g/mol. The Kier molecular flexibility index (Phi) is 9.80. The van der Waals surface area contributed by atoms with E-state index in [-0.39, 0.29) is 28.1 Å². The molecule has 0 unspecified atom stereocenters. The van der Waals surface area contributed by atoms with Gasteiger partial charge in [-0.15, -0.1) is 0 Å². The SMILES string of the molecule is CC[C@H](C(=O)NC(C)(C)C)N(Cc1ccccc1)C(=O)CN(c1ccccc1Cl)S(=O)(=O)c1ccc(C)cc1. The summed E-state index contributed by atoms with van der Waals surface area (Å²) in [6.07, 6.45) is 0.345. The number of amides is 2. The Balaban J connectivity index is 2.07. The highest BCUT2D eigenvalue weighted by Crippen LogP contribution is 2.31. The molecular formula is C30H36ClN3O4S. The van der Waals surface area contributed by atoms with Crippen LogP contribution >= 0.6 is 11.6 Å². The molecule has 9 heteroatoms. The number of anilines is 1. The minimum atomic E-state index is -4.18. The standard InChI is InChI=1S/C30H36ClN3O4S/c1-6-26(29(36)32-30(3,4)5)33(20-23-12-8-7-9-13-23)28(35)21-34(27-15-11-10-14-25(27)31)39(37,38)24-18-16-22(2)17-19-24/h7-19,26H,6,20-21H2,1-5H3,(H,32,36)/t26-/m1/s1. The van der Waals surface area contributed by atoms with Gasteiger partial charge in [0.25, 0.3) is 10.0 Å². The normalized spacial score (nSPS) is 12.5. The predicted octanol–water partition coefficient (Wildman–Crippen LogP) is 5.57. The van der Waals surface area contributed by atoms with E-state index in [1.54, 1.807) is 36.4 Å². The van der Waals surface area contributed by atoms with Crippen LogP contribution in [0.4, 0.5) is 5.69 Å². The van der Waals surface area contributed by atoms with Crippen molar-refractivity contribution in [1.82, 2.24) is 10.2 Å². The second kappa shape index (κ2) is 12.7. The fourth-order valence-corrected chi connectivity index (χ4v) is 5.88. The molecule has 3 aromatic rings. The van der Waals surface area contributed by atoms with E-state index in [2.05, 4.69) is 5.32 Å². The van der Waals surface area contributed by atoms with Gasteiger partial charge < -0.3 is 10.2 Å². The maximum absolute atomic E-state index is 14.0. The van der Waals surface area contributed by atoms with E-state index in [1.807, 2.05) is 65.0 Å². The topological polar surface area (TPSA) is 86.8 Å². The lowest BCUT2D eigenvalue weighted by molar-refractivity contribution is -0.141. The first-order valence-electron chi connectivity index (χ1n) is 12.8. The predicted molar refractivity (Wildman–Crippen MR) is 156 cm³/mol. The van der Waals surface area contributed by atoms with Crippen molar-refractivity contribution in [3.63, 3.8) is 0 Å². The first kappa shape index (κ1) is 30.2. The number of hydrogen-bond acceptors (Lipinski definition) is 4. The van der Waals surface area contributed by atoms with E-state index in [0.29, 0.717) is 6.42 Å². The first-order chi connectivity index (χ1) is 18.3. The number of rotatable bonds is 10. The molecule has 0 radical (unpaired) electrons. The third-order valence-electron chi connectivity index (χ3n) is 6.09. The number of aryl methyl sites for hydroxylation is 1. The highest BCUT2D eigenvalue weighted by Gasteiger charge is 2.35. The Morgan fingerprint density at radius 2 is 1.51 bits per heavy atom. The summed E-state index contributed by atoms with van der Waals surface area (Å²) in [5.41, 5.74) is 1.39. The summed E-state index contributed by atoms with van der Waals surface area (Å²) in [7, 11) is -4.18. The maximum atomic E-state index is 14.0. The third kappa shape index (κ3) is 7.83. The Morgan fingerprint density at radius 1 is 0.923 bits per heavy atom. The molecule has 3 rings (SSSR count). The van der Waals surface area contributed by atoms with Gasteiger partial charge in [0.2, 0.25) is 11.8 Å². The molecule has 2 amide bonds. The van der Waals surface area contributed by atoms with Crippen molar-refractivity contribution in [2.75, 3.05) is 10.8 Å². The van der Waals surface area contributed by atoms with Gasteiger partial charge >= 0.3 is 0 Å². The van der Waals surface area contributed by atoms with Crippen LogP contribution in [0, 0.1) is 6.92 Å². The summed E-state index contributed by atoms with van der Waals surface area (Å²) in [5, 5.41) is 3.15. The molecule has 0 fully saturated rings. The first-order valence-corrected chi connectivity index (χ1v) is 14.6. The molecule has 1 N–H and O–H groups in total. The summed E-state index contributed by atoms with van der Waals surface area (Å²) in [4.78, 5) is 28.9. The summed E-state index contributed by atoms with van der Waals surface area (Å²) in [6, 6.07) is 21.4. The molecule has 7 nitrogen and oxygen atoms in total. The van der Waals surface area contributed by atoms with Crippen LogP contribution in [0.5, 0.6) is 0 Å². The molecule has 0 saturated heterocycles. The van der Waals surface area contributed by atoms with Gasteiger partial charge in [-0.2, -0.15) is 0 Å². The lowest BCUT2D eigenvalue weighted by atomic mass is 10.1. The van der Waals surface area contributed by atoms with Crippen molar-refractivity contribution < 1.29 is 18.0 Å². The van der Waals surface area contributed by atoms with Gasteiger partial charge in [-0.3, -0.25) is 13.9 Å². The summed E-state index contributed by atoms with van der Waals surface area (Å²) in [6.45, 7) is 8.90. The van der Waals surface area contributed by atoms with Crippen LogP contribution in [-0.2, 0) is 26.2 Å². The number of benzene rings is 3. The molecule has 0 saturated carbocycles. The highest BCUT2D eigenvalue weighted by atomic mass is 35.5. The van der Waals surface area contributed by atoms with Gasteiger partial charge in [-0.05, 0) is 63.9 Å². The smallest absolute Gasteiger partial charge is 0.264 e. The number of carbonyl (C=O) groups is 2. The molecule has 1 atom stereocenters. The van der Waals surface area contributed by atoms with Crippen LogP contribution in [0.15, 0.2) is 83.8 Å². The molecule has 0 aliphatic carbocycles. The van der Waals surface area contributed by atoms with Crippen LogP contribution in [-0.4, -0.2) is 43.3 Å². The van der Waals surface area contributed by atoms with Gasteiger partial charge in [0.05, 0.1) is 15.6 Å². The number of para-hydroxylation sites is 1. The molecule has 0 aromatic heterocycles. The van der Waals surface area contributed by atoms with Crippen LogP contribution in [0.3, 0.4) is 0 Å². The molecule has 0 aliphatic rings. The van der Waals surface area contributed by atoms with E-state index in [9.17, 15) is 18.0 Å². The van der Waals surface area contributed by atoms with Crippen molar-refractivity contribution in [1.29, 1.82) is 0 Å². The zero-order valence-electron chi connectivity index (χ0n) is 23.0. The minimum Gasteiger partial charge on any atom is -0.350 e. The van der Waals surface area contributed by atoms with Crippen LogP contribution < -0.4 is 9.62 Å². The molecule has 39 heavy (non-hydrogen) atoms. The van der Waals surface area contributed by atoms with Crippen molar-refractivity contribution >= 4 is 39.1 Å². The van der Waals surface area contributed by atoms with Crippen molar-refractivity contribution in [2.24, 2.45) is 0 Å². The molecule has 0 spiro atoms. The fraction of sp³-hybridized carbons (Fsp3) is 0.333. The quantitative estimate of drug-likeness (QED) is 0.346. The number of carbonyl (C=O) groups excluding carboxylic acids is 2. The highest BCUT2D eigenvalue weighted by molar-refractivity contribution is 7.92. The largest absolute Gasteiger partial charge is 0.350 e. The maximum Gasteiger partial charge on any atom is 0.264 e. The lowest BCUT2D eigenvalue weighted by Crippen LogP contribution is -2.55. The van der Waals surface area contributed by atoms with Crippen LogP contribution in [0.2, 0.25) is 5.02 Å². The van der Waals surface area contributed by atoms with E-state index in [4.69, 9.17) is 11.6 Å². The fourth-order valence-electron chi connectivity index (χ4n) is 4.16. The molecule has 0 bridgehead atoms. The number of hydrogen-bond donors (Lipinski definition) is 1. The molecule has 3 aromatic carbocycles. The zero-order chi connectivity index (χ0) is 28.8. The molecule has 0 aliphatic heterocycles. The second-order valence-corrected chi connectivity index (χ2v) is 12.7. The number of sulfonamides is 1. The van der Waals surface area contributed by atoms with Crippen LogP contribution in [0.1, 0.15) is 45.2 Å². The van der Waals surface area contributed by atoms with Gasteiger partial charge in [0.1, 0.15) is 12.6 Å². The van der Waals surface area contributed by atoms with E-state index >= 15 is 0 Å². The number of nitrogens with one attached hydrogen (secondary N) is 1.